The average molecular weight is 416 g/mol. The molecule has 4 nitrogen and oxygen atoms in total. The molecule has 0 saturated carbocycles. The zero-order chi connectivity index (χ0) is 22.4. The second-order valence-electron chi connectivity index (χ2n) is 8.05. The van der Waals surface area contributed by atoms with Crippen LogP contribution >= 0.6 is 0 Å². The van der Waals surface area contributed by atoms with Crippen LogP contribution in [0.3, 0.4) is 0 Å². The van der Waals surface area contributed by atoms with Crippen LogP contribution in [0.5, 0.6) is 5.88 Å². The number of ether oxygens (including phenoxy) is 1. The van der Waals surface area contributed by atoms with E-state index in [4.69, 9.17) is 10.5 Å². The second kappa shape index (κ2) is 10.3. The Kier molecular flexibility index (Phi) is 7.45. The highest BCUT2D eigenvalue weighted by atomic mass is 16.5. The summed E-state index contributed by atoms with van der Waals surface area (Å²) in [5.41, 5.74) is 14.8. The number of pyridine rings is 1. The third kappa shape index (κ3) is 5.52. The molecule has 2 aromatic carbocycles. The Hall–Kier alpha value is -3.14. The lowest BCUT2D eigenvalue weighted by Gasteiger charge is -2.14. The van der Waals surface area contributed by atoms with E-state index in [1.54, 1.807) is 7.11 Å². The minimum absolute atomic E-state index is 0.480. The third-order valence-corrected chi connectivity index (χ3v) is 5.87. The van der Waals surface area contributed by atoms with Crippen molar-refractivity contribution < 1.29 is 4.74 Å². The maximum atomic E-state index is 6.41. The Morgan fingerprint density at radius 2 is 1.68 bits per heavy atom. The van der Waals surface area contributed by atoms with Gasteiger partial charge in [-0.2, -0.15) is 4.98 Å². The summed E-state index contributed by atoms with van der Waals surface area (Å²) < 4.78 is 5.34. The molecule has 4 heteroatoms. The summed E-state index contributed by atoms with van der Waals surface area (Å²) in [6, 6.07) is 16.9. The van der Waals surface area contributed by atoms with Gasteiger partial charge in [0.15, 0.2) is 5.82 Å². The molecule has 3 aromatic rings. The van der Waals surface area contributed by atoms with Gasteiger partial charge in [-0.3, -0.25) is 0 Å². The first-order valence-corrected chi connectivity index (χ1v) is 11.0. The molecule has 0 amide bonds. The van der Waals surface area contributed by atoms with Crippen LogP contribution in [0, 0.1) is 20.8 Å². The molecule has 0 fully saturated rings. The van der Waals surface area contributed by atoms with Crippen molar-refractivity contribution in [2.45, 2.75) is 53.4 Å². The molecule has 2 N–H and O–H groups in total. The summed E-state index contributed by atoms with van der Waals surface area (Å²) >= 11 is 0. The standard InChI is InChI=1S/C27H33N3O/c1-6-22-17-25(31-5)29-27(20(22)4)30-26(28)23-15-18(2)24(19(3)16-23)14-10-13-21-11-8-7-9-12-21/h7-9,11-12,15-17H,6,10,13-14H2,1-5H3,(H2,28,29,30). The van der Waals surface area contributed by atoms with Gasteiger partial charge in [0.1, 0.15) is 5.84 Å². The fourth-order valence-electron chi connectivity index (χ4n) is 4.03. The predicted octanol–water partition coefficient (Wildman–Crippen LogP) is 5.79. The van der Waals surface area contributed by atoms with Gasteiger partial charge in [0.25, 0.3) is 0 Å². The first kappa shape index (κ1) is 22.5. The molecule has 162 valence electrons. The number of nitrogens with zero attached hydrogens (tertiary/aromatic N) is 2. The number of methoxy groups -OCH3 is 1. The minimum Gasteiger partial charge on any atom is -0.481 e. The van der Waals surface area contributed by atoms with Crippen LogP contribution in [0.15, 0.2) is 53.5 Å². The van der Waals surface area contributed by atoms with E-state index in [1.807, 2.05) is 13.0 Å². The van der Waals surface area contributed by atoms with Crippen molar-refractivity contribution in [2.24, 2.45) is 10.7 Å². The molecule has 0 unspecified atom stereocenters. The van der Waals surface area contributed by atoms with Gasteiger partial charge in [-0.1, -0.05) is 37.3 Å². The Balaban J connectivity index is 1.82. The van der Waals surface area contributed by atoms with Crippen molar-refractivity contribution in [1.82, 2.24) is 4.98 Å². The fourth-order valence-corrected chi connectivity index (χ4v) is 4.03. The highest BCUT2D eigenvalue weighted by Gasteiger charge is 2.11. The Bertz CT molecular complexity index is 1050. The van der Waals surface area contributed by atoms with Crippen LogP contribution < -0.4 is 10.5 Å². The van der Waals surface area contributed by atoms with E-state index in [1.165, 1.54) is 27.8 Å². The topological polar surface area (TPSA) is 60.5 Å². The van der Waals surface area contributed by atoms with E-state index in [-0.39, 0.29) is 0 Å². The van der Waals surface area contributed by atoms with Gasteiger partial charge < -0.3 is 10.5 Å². The van der Waals surface area contributed by atoms with Gasteiger partial charge in [-0.25, -0.2) is 4.99 Å². The monoisotopic (exact) mass is 415 g/mol. The number of nitrogens with two attached hydrogens (primary N) is 1. The van der Waals surface area contributed by atoms with Crippen LogP contribution in [-0.2, 0) is 19.3 Å². The van der Waals surface area contributed by atoms with Crippen molar-refractivity contribution in [3.8, 4) is 5.88 Å². The van der Waals surface area contributed by atoms with Crippen LogP contribution in [-0.4, -0.2) is 17.9 Å². The van der Waals surface area contributed by atoms with Crippen LogP contribution in [0.4, 0.5) is 5.82 Å². The summed E-state index contributed by atoms with van der Waals surface area (Å²) in [5.74, 6) is 1.67. The van der Waals surface area contributed by atoms with Crippen LogP contribution in [0.25, 0.3) is 0 Å². The number of aliphatic imine (C=N–C) groups is 1. The molecule has 0 aliphatic carbocycles. The molecule has 3 rings (SSSR count). The van der Waals surface area contributed by atoms with Gasteiger partial charge in [-0.15, -0.1) is 0 Å². The predicted molar refractivity (Wildman–Crippen MR) is 130 cm³/mol. The van der Waals surface area contributed by atoms with Gasteiger partial charge in [0.05, 0.1) is 7.11 Å². The number of benzene rings is 2. The van der Waals surface area contributed by atoms with Crippen LogP contribution in [0.1, 0.15) is 52.3 Å². The molecular weight excluding hydrogens is 382 g/mol. The molecule has 0 radical (unpaired) electrons. The maximum absolute atomic E-state index is 6.41. The van der Waals surface area contributed by atoms with E-state index < -0.39 is 0 Å². The van der Waals surface area contributed by atoms with Crippen molar-refractivity contribution in [3.63, 3.8) is 0 Å². The van der Waals surface area contributed by atoms with E-state index in [0.717, 1.165) is 36.8 Å². The molecule has 0 spiro atoms. The molecule has 1 aromatic heterocycles. The highest BCUT2D eigenvalue weighted by Crippen LogP contribution is 2.26. The molecule has 0 atom stereocenters. The maximum Gasteiger partial charge on any atom is 0.215 e. The fraction of sp³-hybridized carbons (Fsp3) is 0.333. The van der Waals surface area contributed by atoms with Crippen molar-refractivity contribution in [2.75, 3.05) is 7.11 Å². The highest BCUT2D eigenvalue weighted by molar-refractivity contribution is 5.99. The molecule has 0 aliphatic heterocycles. The smallest absolute Gasteiger partial charge is 0.215 e. The third-order valence-electron chi connectivity index (χ3n) is 5.87. The van der Waals surface area contributed by atoms with E-state index >= 15 is 0 Å². The Labute approximate surface area is 186 Å². The molecular formula is C27H33N3O. The first-order valence-electron chi connectivity index (χ1n) is 11.0. The summed E-state index contributed by atoms with van der Waals surface area (Å²) in [6.45, 7) is 8.46. The minimum atomic E-state index is 0.480. The zero-order valence-electron chi connectivity index (χ0n) is 19.3. The normalized spacial score (nSPS) is 11.6. The van der Waals surface area contributed by atoms with Crippen molar-refractivity contribution >= 4 is 11.7 Å². The van der Waals surface area contributed by atoms with E-state index in [9.17, 15) is 0 Å². The first-order chi connectivity index (χ1) is 14.9. The van der Waals surface area contributed by atoms with Gasteiger partial charge in [0.2, 0.25) is 5.88 Å². The van der Waals surface area contributed by atoms with Gasteiger partial charge >= 0.3 is 0 Å². The lowest BCUT2D eigenvalue weighted by molar-refractivity contribution is 0.397. The molecule has 0 aliphatic rings. The number of rotatable bonds is 8. The molecule has 1 heterocycles. The number of aromatic nitrogens is 1. The summed E-state index contributed by atoms with van der Waals surface area (Å²) in [5, 5.41) is 0. The largest absolute Gasteiger partial charge is 0.481 e. The van der Waals surface area contributed by atoms with E-state index in [0.29, 0.717) is 17.5 Å². The SMILES string of the molecule is CCc1cc(OC)nc(/N=C(\N)c2cc(C)c(CCCc3ccccc3)c(C)c2)c1C. The summed E-state index contributed by atoms with van der Waals surface area (Å²) in [7, 11) is 1.62. The Morgan fingerprint density at radius 3 is 2.29 bits per heavy atom. The number of aryl methyl sites for hydroxylation is 4. The number of amidine groups is 1. The van der Waals surface area contributed by atoms with Gasteiger partial charge in [0, 0.05) is 11.6 Å². The Morgan fingerprint density at radius 1 is 1.00 bits per heavy atom. The van der Waals surface area contributed by atoms with Crippen LogP contribution in [0.2, 0.25) is 0 Å². The zero-order valence-corrected chi connectivity index (χ0v) is 19.3. The summed E-state index contributed by atoms with van der Waals surface area (Å²) in [4.78, 5) is 9.17. The average Bonchev–Trinajstić information content (AvgIpc) is 2.77. The van der Waals surface area contributed by atoms with Crippen molar-refractivity contribution in [3.05, 3.63) is 87.5 Å². The lowest BCUT2D eigenvalue weighted by atomic mass is 9.94. The van der Waals surface area contributed by atoms with E-state index in [2.05, 4.69) is 73.2 Å². The molecule has 31 heavy (non-hydrogen) atoms. The van der Waals surface area contributed by atoms with Crippen molar-refractivity contribution in [1.29, 1.82) is 0 Å². The number of hydrogen-bond acceptors (Lipinski definition) is 3. The van der Waals surface area contributed by atoms with Gasteiger partial charge in [-0.05, 0) is 92.0 Å². The lowest BCUT2D eigenvalue weighted by Crippen LogP contribution is -2.14. The quantitative estimate of drug-likeness (QED) is 0.374. The molecule has 0 saturated heterocycles. The summed E-state index contributed by atoms with van der Waals surface area (Å²) in [6.07, 6.45) is 4.16. The number of hydrogen-bond donors (Lipinski definition) is 1. The molecule has 0 bridgehead atoms. The second-order valence-corrected chi connectivity index (χ2v) is 8.05.